The molecule has 1 N–H and O–H groups in total. The third-order valence-corrected chi connectivity index (χ3v) is 4.41. The van der Waals surface area contributed by atoms with E-state index in [1.165, 1.54) is 23.9 Å². The van der Waals surface area contributed by atoms with Crippen molar-refractivity contribution in [1.29, 1.82) is 0 Å². The van der Waals surface area contributed by atoms with Crippen molar-refractivity contribution in [1.82, 2.24) is 5.43 Å². The molecule has 1 aliphatic heterocycles. The Hall–Kier alpha value is -3.02. The van der Waals surface area contributed by atoms with Gasteiger partial charge in [-0.1, -0.05) is 31.2 Å². The van der Waals surface area contributed by atoms with E-state index in [1.807, 2.05) is 24.3 Å². The molecule has 0 aromatic heterocycles. The second-order valence-electron chi connectivity index (χ2n) is 6.21. The molecule has 2 aromatic rings. The predicted molar refractivity (Wildman–Crippen MR) is 98.4 cm³/mol. The number of nitrogens with zero attached hydrogens (tertiary/aromatic N) is 2. The van der Waals surface area contributed by atoms with E-state index >= 15 is 0 Å². The molecule has 0 radical (unpaired) electrons. The number of hydrazone groups is 1. The van der Waals surface area contributed by atoms with Crippen LogP contribution in [0, 0.1) is 11.7 Å². The number of rotatable bonds is 5. The number of halogens is 1. The summed E-state index contributed by atoms with van der Waals surface area (Å²) in [6.45, 7) is 2.41. The second-order valence-corrected chi connectivity index (χ2v) is 6.21. The summed E-state index contributed by atoms with van der Waals surface area (Å²) in [5.41, 5.74) is 5.13. The summed E-state index contributed by atoms with van der Waals surface area (Å²) < 4.78 is 12.8. The Labute approximate surface area is 151 Å². The molecule has 1 atom stereocenters. The van der Waals surface area contributed by atoms with Crippen molar-refractivity contribution in [2.24, 2.45) is 11.0 Å². The molecular weight excluding hydrogens is 333 g/mol. The fourth-order valence-electron chi connectivity index (χ4n) is 2.85. The van der Waals surface area contributed by atoms with Crippen molar-refractivity contribution in [2.45, 2.75) is 19.8 Å². The van der Waals surface area contributed by atoms with Crippen LogP contribution < -0.4 is 10.3 Å². The molecule has 26 heavy (non-hydrogen) atoms. The van der Waals surface area contributed by atoms with Gasteiger partial charge in [-0.3, -0.25) is 9.59 Å². The van der Waals surface area contributed by atoms with Gasteiger partial charge in [0.1, 0.15) is 5.82 Å². The summed E-state index contributed by atoms with van der Waals surface area (Å²) >= 11 is 0. The van der Waals surface area contributed by atoms with Crippen LogP contribution in [0.25, 0.3) is 0 Å². The van der Waals surface area contributed by atoms with Gasteiger partial charge in [0.15, 0.2) is 0 Å². The Balaban J connectivity index is 1.58. The molecule has 134 valence electrons. The minimum Gasteiger partial charge on any atom is -0.312 e. The molecule has 0 bridgehead atoms. The molecule has 1 heterocycles. The van der Waals surface area contributed by atoms with Gasteiger partial charge in [-0.25, -0.2) is 9.82 Å². The molecule has 0 aliphatic carbocycles. The first kappa shape index (κ1) is 17.8. The first-order valence-electron chi connectivity index (χ1n) is 8.54. The van der Waals surface area contributed by atoms with Crippen LogP contribution in [-0.4, -0.2) is 24.6 Å². The van der Waals surface area contributed by atoms with Crippen molar-refractivity contribution >= 4 is 23.7 Å². The zero-order chi connectivity index (χ0) is 18.5. The standard InChI is InChI=1S/C20H20FN3O2/c1-2-14-5-9-18(10-6-14)24-13-16(11-19(24)25)20(26)23-22-12-15-3-7-17(21)8-4-15/h3-10,12,16H,2,11,13H2,1H3,(H,23,26)/b22-12-/t16-/m1/s1. The molecule has 6 heteroatoms. The first-order valence-corrected chi connectivity index (χ1v) is 8.54. The molecule has 1 fully saturated rings. The minimum atomic E-state index is -0.446. The average molecular weight is 353 g/mol. The zero-order valence-corrected chi connectivity index (χ0v) is 14.5. The highest BCUT2D eigenvalue weighted by atomic mass is 19.1. The van der Waals surface area contributed by atoms with Crippen LogP contribution in [0.5, 0.6) is 0 Å². The number of aryl methyl sites for hydroxylation is 1. The van der Waals surface area contributed by atoms with Crippen LogP contribution in [0.4, 0.5) is 10.1 Å². The number of carbonyl (C=O) groups excluding carboxylic acids is 2. The molecule has 2 amide bonds. The molecule has 0 saturated carbocycles. The number of amides is 2. The van der Waals surface area contributed by atoms with Gasteiger partial charge >= 0.3 is 0 Å². The van der Waals surface area contributed by atoms with Crippen LogP contribution in [0.3, 0.4) is 0 Å². The van der Waals surface area contributed by atoms with Gasteiger partial charge in [0, 0.05) is 18.7 Å². The molecular formula is C20H20FN3O2. The Kier molecular flexibility index (Phi) is 5.41. The van der Waals surface area contributed by atoms with E-state index in [1.54, 1.807) is 17.0 Å². The number of anilines is 1. The highest BCUT2D eigenvalue weighted by Crippen LogP contribution is 2.25. The number of nitrogens with one attached hydrogen (secondary N) is 1. The van der Waals surface area contributed by atoms with Crippen molar-refractivity contribution in [3.63, 3.8) is 0 Å². The van der Waals surface area contributed by atoms with Crippen LogP contribution in [0.1, 0.15) is 24.5 Å². The molecule has 1 saturated heterocycles. The lowest BCUT2D eigenvalue weighted by Crippen LogP contribution is -2.30. The van der Waals surface area contributed by atoms with Crippen molar-refractivity contribution in [2.75, 3.05) is 11.4 Å². The summed E-state index contributed by atoms with van der Waals surface area (Å²) in [5, 5.41) is 3.88. The largest absolute Gasteiger partial charge is 0.312 e. The van der Waals surface area contributed by atoms with Crippen LogP contribution in [0.2, 0.25) is 0 Å². The zero-order valence-electron chi connectivity index (χ0n) is 14.5. The number of carbonyl (C=O) groups is 2. The van der Waals surface area contributed by atoms with Gasteiger partial charge in [0.25, 0.3) is 0 Å². The van der Waals surface area contributed by atoms with E-state index in [4.69, 9.17) is 0 Å². The Morgan fingerprint density at radius 3 is 2.58 bits per heavy atom. The summed E-state index contributed by atoms with van der Waals surface area (Å²) in [7, 11) is 0. The SMILES string of the molecule is CCc1ccc(N2C[C@H](C(=O)N/N=C\c3ccc(F)cc3)CC2=O)cc1. The smallest absolute Gasteiger partial charge is 0.245 e. The van der Waals surface area contributed by atoms with Gasteiger partial charge in [-0.05, 0) is 41.8 Å². The van der Waals surface area contributed by atoms with E-state index in [0.717, 1.165) is 12.1 Å². The lowest BCUT2D eigenvalue weighted by atomic mass is 10.1. The van der Waals surface area contributed by atoms with E-state index in [0.29, 0.717) is 12.1 Å². The van der Waals surface area contributed by atoms with Crippen LogP contribution in [0.15, 0.2) is 53.6 Å². The van der Waals surface area contributed by atoms with Gasteiger partial charge in [-0.15, -0.1) is 0 Å². The van der Waals surface area contributed by atoms with Gasteiger partial charge < -0.3 is 4.90 Å². The minimum absolute atomic E-state index is 0.0723. The fraction of sp³-hybridized carbons (Fsp3) is 0.250. The van der Waals surface area contributed by atoms with Gasteiger partial charge in [-0.2, -0.15) is 5.10 Å². The molecule has 5 nitrogen and oxygen atoms in total. The number of benzene rings is 2. The average Bonchev–Trinajstić information content (AvgIpc) is 3.05. The molecule has 0 spiro atoms. The van der Waals surface area contributed by atoms with Crippen LogP contribution in [-0.2, 0) is 16.0 Å². The Morgan fingerprint density at radius 2 is 1.92 bits per heavy atom. The van der Waals surface area contributed by atoms with Crippen LogP contribution >= 0.6 is 0 Å². The molecule has 2 aromatic carbocycles. The fourth-order valence-corrected chi connectivity index (χ4v) is 2.85. The van der Waals surface area contributed by atoms with E-state index in [9.17, 15) is 14.0 Å². The maximum Gasteiger partial charge on any atom is 0.245 e. The topological polar surface area (TPSA) is 61.8 Å². The number of hydrogen-bond acceptors (Lipinski definition) is 3. The quantitative estimate of drug-likeness (QED) is 0.664. The van der Waals surface area contributed by atoms with Crippen molar-refractivity contribution in [3.8, 4) is 0 Å². The van der Waals surface area contributed by atoms with E-state index < -0.39 is 5.92 Å². The summed E-state index contributed by atoms with van der Waals surface area (Å²) in [6, 6.07) is 13.6. The highest BCUT2D eigenvalue weighted by Gasteiger charge is 2.35. The normalized spacial score (nSPS) is 17.1. The van der Waals surface area contributed by atoms with Crippen molar-refractivity contribution in [3.05, 3.63) is 65.5 Å². The van der Waals surface area contributed by atoms with Gasteiger partial charge in [0.05, 0.1) is 12.1 Å². The molecule has 3 rings (SSSR count). The first-order chi connectivity index (χ1) is 12.6. The summed E-state index contributed by atoms with van der Waals surface area (Å²) in [6.07, 6.45) is 2.54. The van der Waals surface area contributed by atoms with E-state index in [2.05, 4.69) is 17.5 Å². The Morgan fingerprint density at radius 1 is 1.23 bits per heavy atom. The van der Waals surface area contributed by atoms with Crippen molar-refractivity contribution < 1.29 is 14.0 Å². The highest BCUT2D eigenvalue weighted by molar-refractivity contribution is 6.00. The lowest BCUT2D eigenvalue weighted by Gasteiger charge is -2.16. The number of hydrogen-bond donors (Lipinski definition) is 1. The maximum atomic E-state index is 12.8. The maximum absolute atomic E-state index is 12.8. The summed E-state index contributed by atoms with van der Waals surface area (Å²) in [4.78, 5) is 26.1. The summed E-state index contributed by atoms with van der Waals surface area (Å²) in [5.74, 6) is -1.15. The Bertz CT molecular complexity index is 816. The lowest BCUT2D eigenvalue weighted by molar-refractivity contribution is -0.126. The molecule has 0 unspecified atom stereocenters. The third kappa shape index (κ3) is 4.14. The van der Waals surface area contributed by atoms with E-state index in [-0.39, 0.29) is 24.1 Å². The third-order valence-electron chi connectivity index (χ3n) is 4.41. The molecule has 1 aliphatic rings. The monoisotopic (exact) mass is 353 g/mol. The predicted octanol–water partition coefficient (Wildman–Crippen LogP) is 2.89. The second kappa shape index (κ2) is 7.91. The van der Waals surface area contributed by atoms with Gasteiger partial charge in [0.2, 0.25) is 11.8 Å².